The topological polar surface area (TPSA) is 102 Å². The maximum atomic E-state index is 10.3. The lowest BCUT2D eigenvalue weighted by Crippen LogP contribution is -2.32. The van der Waals surface area contributed by atoms with Gasteiger partial charge in [0.05, 0.1) is 0 Å². The first-order chi connectivity index (χ1) is 9.61. The van der Waals surface area contributed by atoms with Crippen LogP contribution in [-0.2, 0) is 0 Å². The van der Waals surface area contributed by atoms with E-state index in [2.05, 4.69) is 0 Å². The van der Waals surface area contributed by atoms with Crippen molar-refractivity contribution in [3.05, 3.63) is 48.5 Å². The fourth-order valence-electron chi connectivity index (χ4n) is 2.04. The van der Waals surface area contributed by atoms with Gasteiger partial charge in [-0.3, -0.25) is 0 Å². The second-order valence-electron chi connectivity index (χ2n) is 4.61. The van der Waals surface area contributed by atoms with Crippen molar-refractivity contribution in [2.45, 2.75) is 12.6 Å². The molecule has 0 heterocycles. The minimum absolute atomic E-state index is 0.404. The van der Waals surface area contributed by atoms with E-state index in [1.807, 2.05) is 29.2 Å². The SMILES string of the molecule is NCCC(O)N(c1ccc(N)cc1)c1ccc(N)cc1. The van der Waals surface area contributed by atoms with Crippen molar-refractivity contribution in [1.82, 2.24) is 0 Å². The monoisotopic (exact) mass is 272 g/mol. The van der Waals surface area contributed by atoms with Crippen LogP contribution < -0.4 is 22.1 Å². The fraction of sp³-hybridized carbons (Fsp3) is 0.200. The van der Waals surface area contributed by atoms with E-state index in [1.165, 1.54) is 0 Å². The Morgan fingerprint density at radius 2 is 1.25 bits per heavy atom. The van der Waals surface area contributed by atoms with Gasteiger partial charge in [0, 0.05) is 29.2 Å². The van der Waals surface area contributed by atoms with E-state index < -0.39 is 6.23 Å². The summed E-state index contributed by atoms with van der Waals surface area (Å²) in [6.45, 7) is 0.404. The van der Waals surface area contributed by atoms with Crippen LogP contribution in [0.5, 0.6) is 0 Å². The standard InChI is InChI=1S/C15H20N4O/c16-10-9-15(20)19(13-5-1-11(17)2-6-13)14-7-3-12(18)4-8-14/h1-8,15,20H,9-10,16-18H2. The molecular weight excluding hydrogens is 252 g/mol. The van der Waals surface area contributed by atoms with Gasteiger partial charge in [0.25, 0.3) is 0 Å². The molecule has 1 unspecified atom stereocenters. The average Bonchev–Trinajstić information content (AvgIpc) is 2.44. The van der Waals surface area contributed by atoms with Gasteiger partial charge in [-0.2, -0.15) is 0 Å². The molecule has 0 radical (unpaired) electrons. The molecule has 0 aliphatic carbocycles. The number of nitrogens with zero attached hydrogens (tertiary/aromatic N) is 1. The Kier molecular flexibility index (Phi) is 4.45. The van der Waals surface area contributed by atoms with Gasteiger partial charge in [-0.25, -0.2) is 0 Å². The Labute approximate surface area is 118 Å². The van der Waals surface area contributed by atoms with Gasteiger partial charge in [-0.1, -0.05) is 0 Å². The molecule has 0 amide bonds. The third-order valence-electron chi connectivity index (χ3n) is 3.07. The lowest BCUT2D eigenvalue weighted by atomic mass is 10.2. The summed E-state index contributed by atoms with van der Waals surface area (Å²) in [5, 5.41) is 10.3. The van der Waals surface area contributed by atoms with Crippen LogP contribution in [0.4, 0.5) is 22.7 Å². The highest BCUT2D eigenvalue weighted by molar-refractivity contribution is 5.66. The summed E-state index contributed by atoms with van der Waals surface area (Å²) in [5.74, 6) is 0. The highest BCUT2D eigenvalue weighted by Crippen LogP contribution is 2.29. The van der Waals surface area contributed by atoms with Gasteiger partial charge in [0.1, 0.15) is 6.23 Å². The fourth-order valence-corrected chi connectivity index (χ4v) is 2.04. The van der Waals surface area contributed by atoms with E-state index in [0.717, 1.165) is 11.4 Å². The number of benzene rings is 2. The molecule has 5 heteroatoms. The number of hydrogen-bond donors (Lipinski definition) is 4. The molecule has 1 atom stereocenters. The molecule has 2 aromatic carbocycles. The number of aliphatic hydroxyl groups is 1. The lowest BCUT2D eigenvalue weighted by Gasteiger charge is -2.30. The van der Waals surface area contributed by atoms with Crippen LogP contribution in [0.15, 0.2) is 48.5 Å². The zero-order valence-corrected chi connectivity index (χ0v) is 11.2. The molecule has 0 saturated heterocycles. The van der Waals surface area contributed by atoms with Crippen LogP contribution in [0, 0.1) is 0 Å². The molecule has 5 nitrogen and oxygen atoms in total. The van der Waals surface area contributed by atoms with E-state index in [0.29, 0.717) is 24.3 Å². The van der Waals surface area contributed by atoms with Crippen LogP contribution in [0.3, 0.4) is 0 Å². The summed E-state index contributed by atoms with van der Waals surface area (Å²) in [7, 11) is 0. The quantitative estimate of drug-likeness (QED) is 0.490. The van der Waals surface area contributed by atoms with Crippen molar-refractivity contribution in [2.75, 3.05) is 22.9 Å². The molecule has 0 aliphatic rings. The van der Waals surface area contributed by atoms with Gasteiger partial charge < -0.3 is 27.2 Å². The zero-order valence-electron chi connectivity index (χ0n) is 11.2. The van der Waals surface area contributed by atoms with Gasteiger partial charge >= 0.3 is 0 Å². The number of rotatable bonds is 5. The summed E-state index contributed by atoms with van der Waals surface area (Å²) in [4.78, 5) is 1.81. The van der Waals surface area contributed by atoms with Crippen molar-refractivity contribution >= 4 is 22.7 Å². The molecule has 2 aromatic rings. The van der Waals surface area contributed by atoms with Gasteiger partial charge in [-0.15, -0.1) is 0 Å². The first-order valence-corrected chi connectivity index (χ1v) is 6.50. The van der Waals surface area contributed by atoms with Crippen LogP contribution >= 0.6 is 0 Å². The minimum Gasteiger partial charge on any atom is -0.399 e. The van der Waals surface area contributed by atoms with Crippen molar-refractivity contribution in [3.8, 4) is 0 Å². The molecule has 0 saturated carbocycles. The molecule has 0 spiro atoms. The third-order valence-corrected chi connectivity index (χ3v) is 3.07. The van der Waals surface area contributed by atoms with E-state index in [-0.39, 0.29) is 0 Å². The number of nitrogens with two attached hydrogens (primary N) is 3. The summed E-state index contributed by atoms with van der Waals surface area (Å²) >= 11 is 0. The van der Waals surface area contributed by atoms with Gasteiger partial charge in [-0.05, 0) is 55.1 Å². The van der Waals surface area contributed by atoms with Crippen molar-refractivity contribution in [3.63, 3.8) is 0 Å². The first kappa shape index (κ1) is 14.2. The van der Waals surface area contributed by atoms with E-state index in [9.17, 15) is 5.11 Å². The van der Waals surface area contributed by atoms with Crippen molar-refractivity contribution in [1.29, 1.82) is 0 Å². The zero-order chi connectivity index (χ0) is 14.5. The minimum atomic E-state index is -0.702. The molecule has 0 fully saturated rings. The van der Waals surface area contributed by atoms with Crippen LogP contribution in [-0.4, -0.2) is 17.9 Å². The summed E-state index contributed by atoms with van der Waals surface area (Å²) in [6.07, 6.45) is -0.235. The van der Waals surface area contributed by atoms with Crippen LogP contribution in [0.25, 0.3) is 0 Å². The maximum Gasteiger partial charge on any atom is 0.132 e. The average molecular weight is 272 g/mol. The molecule has 20 heavy (non-hydrogen) atoms. The largest absolute Gasteiger partial charge is 0.399 e. The number of hydrogen-bond acceptors (Lipinski definition) is 5. The molecule has 106 valence electrons. The summed E-state index contributed by atoms with van der Waals surface area (Å²) in [6, 6.07) is 14.7. The Hall–Kier alpha value is -2.24. The molecule has 0 aliphatic heterocycles. The van der Waals surface area contributed by atoms with Gasteiger partial charge in [0.2, 0.25) is 0 Å². The Bertz CT molecular complexity index is 493. The van der Waals surface area contributed by atoms with E-state index in [4.69, 9.17) is 17.2 Å². The van der Waals surface area contributed by atoms with Crippen molar-refractivity contribution in [2.24, 2.45) is 5.73 Å². The van der Waals surface area contributed by atoms with Crippen molar-refractivity contribution < 1.29 is 5.11 Å². The third kappa shape index (κ3) is 3.20. The number of anilines is 4. The maximum absolute atomic E-state index is 10.3. The molecule has 0 aromatic heterocycles. The van der Waals surface area contributed by atoms with E-state index >= 15 is 0 Å². The Morgan fingerprint density at radius 1 is 0.850 bits per heavy atom. The number of aliphatic hydroxyl groups excluding tert-OH is 1. The molecular formula is C15H20N4O. The normalized spacial score (nSPS) is 12.1. The predicted octanol–water partition coefficient (Wildman–Crippen LogP) is 1.66. The van der Waals surface area contributed by atoms with Crippen LogP contribution in [0.1, 0.15) is 6.42 Å². The summed E-state index contributed by atoms with van der Waals surface area (Å²) in [5.41, 5.74) is 20.0. The highest BCUT2D eigenvalue weighted by Gasteiger charge is 2.17. The van der Waals surface area contributed by atoms with Gasteiger partial charge in [0.15, 0.2) is 0 Å². The predicted molar refractivity (Wildman–Crippen MR) is 83.5 cm³/mol. The molecule has 7 N–H and O–H groups in total. The Balaban J connectivity index is 2.38. The first-order valence-electron chi connectivity index (χ1n) is 6.50. The number of nitrogen functional groups attached to an aromatic ring is 2. The lowest BCUT2D eigenvalue weighted by molar-refractivity contribution is 0.173. The smallest absolute Gasteiger partial charge is 0.132 e. The highest BCUT2D eigenvalue weighted by atomic mass is 16.3. The Morgan fingerprint density at radius 3 is 1.60 bits per heavy atom. The van der Waals surface area contributed by atoms with E-state index in [1.54, 1.807) is 24.3 Å². The molecule has 0 bridgehead atoms. The second-order valence-corrected chi connectivity index (χ2v) is 4.61. The molecule has 2 rings (SSSR count). The van der Waals surface area contributed by atoms with Crippen LogP contribution in [0.2, 0.25) is 0 Å². The summed E-state index contributed by atoms with van der Waals surface area (Å²) < 4.78 is 0. The second kappa shape index (κ2) is 6.27.